The van der Waals surface area contributed by atoms with Gasteiger partial charge >= 0.3 is 5.97 Å². The number of carbonyl (C=O) groups excluding carboxylic acids is 1. The highest BCUT2D eigenvalue weighted by atomic mass is 35.5. The fourth-order valence-corrected chi connectivity index (χ4v) is 2.17. The summed E-state index contributed by atoms with van der Waals surface area (Å²) < 4.78 is 5.16. The zero-order valence-corrected chi connectivity index (χ0v) is 10.9. The lowest BCUT2D eigenvalue weighted by atomic mass is 10.2. The molecule has 1 fully saturated rings. The molecule has 0 unspecified atom stereocenters. The quantitative estimate of drug-likeness (QED) is 0.880. The van der Waals surface area contributed by atoms with Crippen molar-refractivity contribution in [1.29, 1.82) is 0 Å². The molecular formula is C13H14ClNO4. The number of rotatable bonds is 4. The van der Waals surface area contributed by atoms with E-state index >= 15 is 0 Å². The van der Waals surface area contributed by atoms with Crippen molar-refractivity contribution in [1.82, 2.24) is 5.32 Å². The summed E-state index contributed by atoms with van der Waals surface area (Å²) in [4.78, 5) is 22.5. The lowest BCUT2D eigenvalue weighted by molar-refractivity contribution is -0.151. The lowest BCUT2D eigenvalue weighted by Crippen LogP contribution is -2.35. The first-order valence-corrected chi connectivity index (χ1v) is 6.34. The predicted octanol–water partition coefficient (Wildman–Crippen LogP) is 1.59. The van der Waals surface area contributed by atoms with E-state index in [1.54, 1.807) is 18.2 Å². The number of halogens is 1. The van der Waals surface area contributed by atoms with Crippen LogP contribution in [0.2, 0.25) is 5.02 Å². The van der Waals surface area contributed by atoms with Crippen LogP contribution in [-0.2, 0) is 20.9 Å². The van der Waals surface area contributed by atoms with Crippen molar-refractivity contribution < 1.29 is 19.4 Å². The molecule has 0 radical (unpaired) electrons. The molecule has 2 N–H and O–H groups in total. The highest BCUT2D eigenvalue weighted by molar-refractivity contribution is 6.30. The molecule has 0 aliphatic carbocycles. The number of carboxylic acid groups (broad SMARTS) is 1. The summed E-state index contributed by atoms with van der Waals surface area (Å²) in [6, 6.07) is 7.17. The molecule has 0 spiro atoms. The van der Waals surface area contributed by atoms with Gasteiger partial charge in [0.25, 0.3) is 0 Å². The normalized spacial score (nSPS) is 22.2. The molecule has 102 valence electrons. The topological polar surface area (TPSA) is 75.6 Å². The monoisotopic (exact) mass is 283 g/mol. The van der Waals surface area contributed by atoms with Crippen molar-refractivity contribution in [3.8, 4) is 0 Å². The van der Waals surface area contributed by atoms with Crippen molar-refractivity contribution in [3.63, 3.8) is 0 Å². The average Bonchev–Trinajstić information content (AvgIpc) is 2.86. The summed E-state index contributed by atoms with van der Waals surface area (Å²) in [5, 5.41) is 12.1. The average molecular weight is 284 g/mol. The predicted molar refractivity (Wildman–Crippen MR) is 68.8 cm³/mol. The first-order chi connectivity index (χ1) is 9.06. The van der Waals surface area contributed by atoms with Crippen LogP contribution in [0.5, 0.6) is 0 Å². The van der Waals surface area contributed by atoms with Gasteiger partial charge in [0, 0.05) is 11.6 Å². The molecule has 2 atom stereocenters. The molecular weight excluding hydrogens is 270 g/mol. The first-order valence-electron chi connectivity index (χ1n) is 5.96. The largest absolute Gasteiger partial charge is 0.479 e. The van der Waals surface area contributed by atoms with E-state index in [4.69, 9.17) is 21.4 Å². The number of aliphatic carboxylic acids is 1. The van der Waals surface area contributed by atoms with Gasteiger partial charge in [0.15, 0.2) is 6.10 Å². The number of nitrogens with one attached hydrogen (secondary N) is 1. The summed E-state index contributed by atoms with van der Waals surface area (Å²) in [6.45, 7) is 0.344. The van der Waals surface area contributed by atoms with Gasteiger partial charge in [0.2, 0.25) is 5.91 Å². The highest BCUT2D eigenvalue weighted by Gasteiger charge is 2.34. The smallest absolute Gasteiger partial charge is 0.332 e. The van der Waals surface area contributed by atoms with E-state index in [2.05, 4.69) is 5.32 Å². The Morgan fingerprint density at radius 3 is 2.74 bits per heavy atom. The van der Waals surface area contributed by atoms with Gasteiger partial charge in [0.1, 0.15) is 6.10 Å². The number of carboxylic acids is 1. The Hall–Kier alpha value is -1.59. The Labute approximate surface area is 115 Å². The second kappa shape index (κ2) is 6.04. The summed E-state index contributed by atoms with van der Waals surface area (Å²) in [5.41, 5.74) is 0.883. The van der Waals surface area contributed by atoms with E-state index in [1.165, 1.54) is 0 Å². The van der Waals surface area contributed by atoms with E-state index in [0.29, 0.717) is 24.4 Å². The van der Waals surface area contributed by atoms with Gasteiger partial charge in [-0.05, 0) is 30.5 Å². The van der Waals surface area contributed by atoms with Crippen LogP contribution in [0.4, 0.5) is 0 Å². The molecule has 1 aromatic rings. The molecule has 1 amide bonds. The standard InChI is InChI=1S/C13H14ClNO4/c14-9-3-1-2-8(6-9)7-15-12(16)10-4-5-11(19-10)13(17)18/h1-3,6,10-11H,4-5,7H2,(H,15,16)(H,17,18)/t10-,11+/m0/s1. The van der Waals surface area contributed by atoms with Crippen LogP contribution in [0, 0.1) is 0 Å². The number of ether oxygens (including phenoxy) is 1. The number of amides is 1. The molecule has 1 heterocycles. The zero-order chi connectivity index (χ0) is 13.8. The summed E-state index contributed by atoms with van der Waals surface area (Å²) in [7, 11) is 0. The summed E-state index contributed by atoms with van der Waals surface area (Å²) in [5.74, 6) is -1.31. The molecule has 2 rings (SSSR count). The maximum atomic E-state index is 11.8. The van der Waals surface area contributed by atoms with Crippen molar-refractivity contribution in [2.24, 2.45) is 0 Å². The van der Waals surface area contributed by atoms with Crippen molar-refractivity contribution in [2.45, 2.75) is 31.6 Å². The third kappa shape index (κ3) is 3.68. The van der Waals surface area contributed by atoms with E-state index < -0.39 is 18.2 Å². The third-order valence-electron chi connectivity index (χ3n) is 2.94. The van der Waals surface area contributed by atoms with E-state index in [-0.39, 0.29) is 5.91 Å². The maximum absolute atomic E-state index is 11.8. The van der Waals surface area contributed by atoms with Gasteiger partial charge in [-0.1, -0.05) is 23.7 Å². The second-order valence-electron chi connectivity index (χ2n) is 4.38. The van der Waals surface area contributed by atoms with Crippen molar-refractivity contribution in [3.05, 3.63) is 34.9 Å². The molecule has 0 saturated carbocycles. The Bertz CT molecular complexity index is 491. The maximum Gasteiger partial charge on any atom is 0.332 e. The molecule has 19 heavy (non-hydrogen) atoms. The van der Waals surface area contributed by atoms with Gasteiger partial charge in [-0.15, -0.1) is 0 Å². The molecule has 1 aromatic carbocycles. The molecule has 5 nitrogen and oxygen atoms in total. The zero-order valence-electron chi connectivity index (χ0n) is 10.1. The lowest BCUT2D eigenvalue weighted by Gasteiger charge is -2.11. The SMILES string of the molecule is O=C(NCc1cccc(Cl)c1)[C@@H]1CC[C@H](C(=O)O)O1. The number of carbonyl (C=O) groups is 2. The second-order valence-corrected chi connectivity index (χ2v) is 4.81. The minimum atomic E-state index is -1.02. The van der Waals surface area contributed by atoms with Crippen molar-refractivity contribution >= 4 is 23.5 Å². The number of hydrogen-bond donors (Lipinski definition) is 2. The highest BCUT2D eigenvalue weighted by Crippen LogP contribution is 2.20. The molecule has 1 saturated heterocycles. The summed E-state index contributed by atoms with van der Waals surface area (Å²) >= 11 is 5.84. The molecule has 6 heteroatoms. The Morgan fingerprint density at radius 2 is 2.11 bits per heavy atom. The third-order valence-corrected chi connectivity index (χ3v) is 3.18. The van der Waals surface area contributed by atoms with Crippen LogP contribution in [-0.4, -0.2) is 29.2 Å². The van der Waals surface area contributed by atoms with Crippen LogP contribution >= 0.6 is 11.6 Å². The van der Waals surface area contributed by atoms with E-state index in [0.717, 1.165) is 5.56 Å². The number of benzene rings is 1. The van der Waals surface area contributed by atoms with Gasteiger partial charge < -0.3 is 15.2 Å². The van der Waals surface area contributed by atoms with Gasteiger partial charge in [0.05, 0.1) is 0 Å². The summed E-state index contributed by atoms with van der Waals surface area (Å²) in [6.07, 6.45) is -0.759. The Morgan fingerprint density at radius 1 is 1.37 bits per heavy atom. The molecule has 1 aliphatic heterocycles. The first kappa shape index (κ1) is 13.8. The van der Waals surface area contributed by atoms with Gasteiger partial charge in [-0.25, -0.2) is 4.79 Å². The molecule has 1 aliphatic rings. The minimum absolute atomic E-state index is 0.288. The van der Waals surface area contributed by atoms with Crippen molar-refractivity contribution in [2.75, 3.05) is 0 Å². The van der Waals surface area contributed by atoms with Crippen LogP contribution < -0.4 is 5.32 Å². The Kier molecular flexibility index (Phi) is 4.39. The van der Waals surface area contributed by atoms with Gasteiger partial charge in [-0.3, -0.25) is 4.79 Å². The molecule has 0 aromatic heterocycles. The number of hydrogen-bond acceptors (Lipinski definition) is 3. The minimum Gasteiger partial charge on any atom is -0.479 e. The van der Waals surface area contributed by atoms with E-state index in [1.807, 2.05) is 6.07 Å². The Balaban J connectivity index is 1.84. The van der Waals surface area contributed by atoms with Crippen LogP contribution in [0.25, 0.3) is 0 Å². The van der Waals surface area contributed by atoms with Crippen LogP contribution in [0.15, 0.2) is 24.3 Å². The van der Waals surface area contributed by atoms with Gasteiger partial charge in [-0.2, -0.15) is 0 Å². The van der Waals surface area contributed by atoms with Crippen LogP contribution in [0.1, 0.15) is 18.4 Å². The van der Waals surface area contributed by atoms with E-state index in [9.17, 15) is 9.59 Å². The van der Waals surface area contributed by atoms with Crippen LogP contribution in [0.3, 0.4) is 0 Å². The fourth-order valence-electron chi connectivity index (χ4n) is 1.96. The molecule has 0 bridgehead atoms. The fraction of sp³-hybridized carbons (Fsp3) is 0.385.